The van der Waals surface area contributed by atoms with Gasteiger partial charge in [-0.3, -0.25) is 0 Å². The Morgan fingerprint density at radius 2 is 1.69 bits per heavy atom. The van der Waals surface area contributed by atoms with Crippen molar-refractivity contribution in [2.24, 2.45) is 0 Å². The van der Waals surface area contributed by atoms with Crippen molar-refractivity contribution in [3.63, 3.8) is 0 Å². The van der Waals surface area contributed by atoms with Crippen LogP contribution in [0.3, 0.4) is 0 Å². The first-order valence-electron chi connectivity index (χ1n) is 8.37. The largest absolute Gasteiger partial charge is 0.340 e. The number of nitrogens with one attached hydrogen (secondary N) is 1. The summed E-state index contributed by atoms with van der Waals surface area (Å²) < 4.78 is 0. The fraction of sp³-hybridized carbons (Fsp3) is 0.143. The molecule has 0 fully saturated rings. The zero-order chi connectivity index (χ0) is 18.3. The van der Waals surface area contributed by atoms with E-state index < -0.39 is 0 Å². The summed E-state index contributed by atoms with van der Waals surface area (Å²) in [6, 6.07) is 14.3. The maximum absolute atomic E-state index is 6.06. The number of fused-ring (bicyclic) bond motifs is 1. The lowest BCUT2D eigenvalue weighted by Gasteiger charge is -2.10. The first-order valence-corrected chi connectivity index (χ1v) is 9.56. The molecule has 1 N–H and O–H groups in total. The molecule has 4 rings (SSSR count). The van der Waals surface area contributed by atoms with Crippen LogP contribution in [0, 0.1) is 20.8 Å². The van der Waals surface area contributed by atoms with E-state index in [1.165, 1.54) is 16.0 Å². The molecule has 0 aliphatic heterocycles. The van der Waals surface area contributed by atoms with Crippen molar-refractivity contribution in [2.75, 3.05) is 5.32 Å². The number of rotatable bonds is 3. The van der Waals surface area contributed by atoms with E-state index in [0.29, 0.717) is 0 Å². The third kappa shape index (κ3) is 3.06. The molecule has 130 valence electrons. The van der Waals surface area contributed by atoms with E-state index in [4.69, 9.17) is 11.6 Å². The lowest BCUT2D eigenvalue weighted by atomic mass is 10.0. The third-order valence-electron chi connectivity index (χ3n) is 4.57. The average Bonchev–Trinajstić information content (AvgIpc) is 2.96. The van der Waals surface area contributed by atoms with Gasteiger partial charge in [0.1, 0.15) is 17.0 Å². The smallest absolute Gasteiger partial charge is 0.143 e. The Morgan fingerprint density at radius 3 is 2.42 bits per heavy atom. The topological polar surface area (TPSA) is 37.8 Å². The molecule has 0 amide bonds. The number of anilines is 2. The molecule has 0 aliphatic rings. The Balaban J connectivity index is 1.87. The fourth-order valence-electron chi connectivity index (χ4n) is 3.06. The second-order valence-corrected chi connectivity index (χ2v) is 8.01. The summed E-state index contributed by atoms with van der Waals surface area (Å²) in [5.74, 6) is 0.826. The molecule has 2 aromatic carbocycles. The standard InChI is InChI=1S/C21H18ClN3S/c1-12-4-9-17(10-13(12)2)25-20-19-18(15-5-7-16(22)8-6-15)14(3)26-21(19)24-11-23-20/h4-11H,1-3H3,(H,23,24,25). The predicted octanol–water partition coefficient (Wildman–Crippen LogP) is 6.68. The lowest BCUT2D eigenvalue weighted by Crippen LogP contribution is -1.96. The van der Waals surface area contributed by atoms with Gasteiger partial charge in [0, 0.05) is 21.2 Å². The molecular weight excluding hydrogens is 362 g/mol. The minimum atomic E-state index is 0.732. The summed E-state index contributed by atoms with van der Waals surface area (Å²) in [7, 11) is 0. The maximum atomic E-state index is 6.06. The van der Waals surface area contributed by atoms with E-state index >= 15 is 0 Å². The van der Waals surface area contributed by atoms with Gasteiger partial charge in [0.25, 0.3) is 0 Å². The maximum Gasteiger partial charge on any atom is 0.143 e. The van der Waals surface area contributed by atoms with Crippen LogP contribution in [0.25, 0.3) is 21.3 Å². The van der Waals surface area contributed by atoms with Crippen LogP contribution in [0.5, 0.6) is 0 Å². The number of hydrogen-bond donors (Lipinski definition) is 1. The van der Waals surface area contributed by atoms with Crippen molar-refractivity contribution in [3.8, 4) is 11.1 Å². The van der Waals surface area contributed by atoms with Crippen LogP contribution in [-0.2, 0) is 0 Å². The van der Waals surface area contributed by atoms with Gasteiger partial charge in [-0.25, -0.2) is 9.97 Å². The van der Waals surface area contributed by atoms with Crippen molar-refractivity contribution in [1.82, 2.24) is 9.97 Å². The highest BCUT2D eigenvalue weighted by atomic mass is 35.5. The first kappa shape index (κ1) is 17.0. The van der Waals surface area contributed by atoms with Crippen LogP contribution >= 0.6 is 22.9 Å². The van der Waals surface area contributed by atoms with Crippen molar-refractivity contribution < 1.29 is 0 Å². The fourth-order valence-corrected chi connectivity index (χ4v) is 4.20. The number of nitrogens with zero attached hydrogens (tertiary/aromatic N) is 2. The highest BCUT2D eigenvalue weighted by molar-refractivity contribution is 7.19. The van der Waals surface area contributed by atoms with Gasteiger partial charge < -0.3 is 5.32 Å². The van der Waals surface area contributed by atoms with Crippen molar-refractivity contribution in [2.45, 2.75) is 20.8 Å². The molecular formula is C21H18ClN3S. The molecule has 2 aromatic heterocycles. The zero-order valence-corrected chi connectivity index (χ0v) is 16.4. The van der Waals surface area contributed by atoms with Gasteiger partial charge in [-0.2, -0.15) is 0 Å². The van der Waals surface area contributed by atoms with Crippen LogP contribution in [0.1, 0.15) is 16.0 Å². The normalized spacial score (nSPS) is 11.1. The van der Waals surface area contributed by atoms with E-state index in [9.17, 15) is 0 Å². The van der Waals surface area contributed by atoms with E-state index in [-0.39, 0.29) is 0 Å². The molecule has 0 atom stereocenters. The molecule has 2 heterocycles. The quantitative estimate of drug-likeness (QED) is 0.431. The molecule has 5 heteroatoms. The van der Waals surface area contributed by atoms with Crippen LogP contribution in [0.15, 0.2) is 48.8 Å². The van der Waals surface area contributed by atoms with Crippen molar-refractivity contribution >= 4 is 44.7 Å². The molecule has 0 spiro atoms. The Morgan fingerprint density at radius 1 is 0.923 bits per heavy atom. The van der Waals surface area contributed by atoms with Gasteiger partial charge in [0.15, 0.2) is 0 Å². The number of halogens is 1. The predicted molar refractivity (Wildman–Crippen MR) is 112 cm³/mol. The molecule has 0 radical (unpaired) electrons. The second kappa shape index (κ2) is 6.71. The Bertz CT molecular complexity index is 1100. The van der Waals surface area contributed by atoms with Gasteiger partial charge in [-0.1, -0.05) is 29.8 Å². The first-order chi connectivity index (χ1) is 12.5. The summed E-state index contributed by atoms with van der Waals surface area (Å²) in [5.41, 5.74) is 5.83. The van der Waals surface area contributed by atoms with Gasteiger partial charge in [-0.05, 0) is 61.7 Å². The SMILES string of the molecule is Cc1ccc(Nc2ncnc3sc(C)c(-c4ccc(Cl)cc4)c23)cc1C. The number of hydrogen-bond acceptors (Lipinski definition) is 4. The Hall–Kier alpha value is -2.43. The molecule has 0 saturated heterocycles. The highest BCUT2D eigenvalue weighted by Gasteiger charge is 2.17. The van der Waals surface area contributed by atoms with Crippen LogP contribution < -0.4 is 5.32 Å². The Kier molecular flexibility index (Phi) is 4.39. The zero-order valence-electron chi connectivity index (χ0n) is 14.8. The molecule has 0 aliphatic carbocycles. The molecule has 3 nitrogen and oxygen atoms in total. The van der Waals surface area contributed by atoms with E-state index in [0.717, 1.165) is 37.9 Å². The molecule has 0 unspecified atom stereocenters. The summed E-state index contributed by atoms with van der Waals surface area (Å²) in [6.45, 7) is 6.35. The molecule has 0 bridgehead atoms. The minimum Gasteiger partial charge on any atom is -0.340 e. The number of benzene rings is 2. The summed E-state index contributed by atoms with van der Waals surface area (Å²) >= 11 is 7.75. The van der Waals surface area contributed by atoms with E-state index in [2.05, 4.69) is 54.3 Å². The van der Waals surface area contributed by atoms with E-state index in [1.807, 2.05) is 24.3 Å². The second-order valence-electron chi connectivity index (χ2n) is 6.37. The van der Waals surface area contributed by atoms with Gasteiger partial charge in [0.2, 0.25) is 0 Å². The van der Waals surface area contributed by atoms with Crippen molar-refractivity contribution in [1.29, 1.82) is 0 Å². The number of aromatic nitrogens is 2. The summed E-state index contributed by atoms with van der Waals surface area (Å²) in [6.07, 6.45) is 1.62. The molecule has 4 aromatic rings. The van der Waals surface area contributed by atoms with Crippen LogP contribution in [0.4, 0.5) is 11.5 Å². The minimum absolute atomic E-state index is 0.732. The molecule has 26 heavy (non-hydrogen) atoms. The third-order valence-corrected chi connectivity index (χ3v) is 5.83. The van der Waals surface area contributed by atoms with Crippen LogP contribution in [-0.4, -0.2) is 9.97 Å². The van der Waals surface area contributed by atoms with E-state index in [1.54, 1.807) is 17.7 Å². The summed E-state index contributed by atoms with van der Waals surface area (Å²) in [5, 5.41) is 5.26. The monoisotopic (exact) mass is 379 g/mol. The highest BCUT2D eigenvalue weighted by Crippen LogP contribution is 2.41. The van der Waals surface area contributed by atoms with Gasteiger partial charge >= 0.3 is 0 Å². The summed E-state index contributed by atoms with van der Waals surface area (Å²) in [4.78, 5) is 11.2. The Labute approximate surface area is 161 Å². The average molecular weight is 380 g/mol. The molecule has 0 saturated carbocycles. The van der Waals surface area contributed by atoms with Gasteiger partial charge in [0.05, 0.1) is 5.39 Å². The number of aryl methyl sites for hydroxylation is 3. The van der Waals surface area contributed by atoms with Crippen LogP contribution in [0.2, 0.25) is 5.02 Å². The van der Waals surface area contributed by atoms with Crippen molar-refractivity contribution in [3.05, 3.63) is 69.8 Å². The van der Waals surface area contributed by atoms with Gasteiger partial charge in [-0.15, -0.1) is 11.3 Å². The lowest BCUT2D eigenvalue weighted by molar-refractivity contribution is 1.23. The number of thiophene rings is 1.